The minimum Gasteiger partial charge on any atom is -0.493 e. The van der Waals surface area contributed by atoms with Gasteiger partial charge in [0, 0.05) is 135 Å². The Morgan fingerprint density at radius 1 is 0.403 bits per heavy atom. The molecule has 3 aliphatic heterocycles. The maximum atomic E-state index is 13.6. The number of aryl methyl sites for hydroxylation is 5. The number of carbonyl (C=O) groups is 3. The lowest BCUT2D eigenvalue weighted by Crippen LogP contribution is -2.27. The molecule has 0 amide bonds. The van der Waals surface area contributed by atoms with Crippen LogP contribution in [0, 0.1) is 20.8 Å². The predicted molar refractivity (Wildman–Crippen MR) is 522 cm³/mol. The van der Waals surface area contributed by atoms with E-state index in [1.54, 1.807) is 54.9 Å². The van der Waals surface area contributed by atoms with E-state index >= 15 is 0 Å². The molecule has 0 spiro atoms. The summed E-state index contributed by atoms with van der Waals surface area (Å²) >= 11 is 0. The van der Waals surface area contributed by atoms with Crippen molar-refractivity contribution >= 4 is 105 Å². The molecule has 0 radical (unpaired) electrons. The number of fused-ring (bicyclic) bond motifs is 5. The lowest BCUT2D eigenvalue weighted by molar-refractivity contribution is -0.139. The van der Waals surface area contributed by atoms with Gasteiger partial charge >= 0.3 is 0 Å². The smallest absolute Gasteiger partial charge is 0.263 e. The van der Waals surface area contributed by atoms with Crippen LogP contribution < -0.4 is 30.9 Å². The number of hydrogen-bond donors (Lipinski definition) is 0. The van der Waals surface area contributed by atoms with Crippen molar-refractivity contribution in [3.63, 3.8) is 0 Å². The number of halogens is 2. The minimum absolute atomic E-state index is 0.0919. The molecule has 0 unspecified atom stereocenters. The van der Waals surface area contributed by atoms with E-state index in [1.807, 2.05) is 256 Å². The Labute approximate surface area is 773 Å². The Balaban J connectivity index is 0.000000134. The van der Waals surface area contributed by atoms with Gasteiger partial charge in [0.2, 0.25) is 0 Å². The number of pyridine rings is 6. The molecule has 22 nitrogen and oxygen atoms in total. The molecule has 682 valence electrons. The number of aromatic nitrogens is 10. The summed E-state index contributed by atoms with van der Waals surface area (Å²) < 4.78 is 73.4. The fraction of sp³-hybridized carbons (Fsp3) is 0.300. The van der Waals surface area contributed by atoms with E-state index in [0.717, 1.165) is 196 Å². The van der Waals surface area contributed by atoms with E-state index in [4.69, 9.17) is 43.4 Å². The maximum Gasteiger partial charge on any atom is 0.263 e. The van der Waals surface area contributed by atoms with Gasteiger partial charge in [0.25, 0.3) is 23.1 Å². The summed E-state index contributed by atoms with van der Waals surface area (Å²) in [5.74, 6) is 2.02. The largest absolute Gasteiger partial charge is 0.493 e. The molecule has 24 heteroatoms. The molecule has 3 atom stereocenters. The second-order valence-electron chi connectivity index (χ2n) is 38.2. The van der Waals surface area contributed by atoms with Crippen LogP contribution >= 0.6 is 0 Å². The fourth-order valence-corrected chi connectivity index (χ4v) is 19.6. The average molecular weight is 1800 g/mol. The van der Waals surface area contributed by atoms with Crippen LogP contribution in [0.5, 0.6) is 17.2 Å². The second kappa shape index (κ2) is 35.5. The molecule has 0 saturated carbocycles. The molecule has 0 saturated heterocycles. The summed E-state index contributed by atoms with van der Waals surface area (Å²) in [5, 5.41) is 16.1. The molecular weight excluding hydrogens is 1690 g/mol. The number of Topliss-reactive ketones (excluding diaryl/α,β-unsaturated/α-hetero) is 3. The maximum absolute atomic E-state index is 13.6. The highest BCUT2D eigenvalue weighted by Crippen LogP contribution is 2.51. The first-order chi connectivity index (χ1) is 63.9. The van der Waals surface area contributed by atoms with E-state index in [-0.39, 0.29) is 46.1 Å². The third kappa shape index (κ3) is 17.2. The van der Waals surface area contributed by atoms with E-state index in [2.05, 4.69) is 16.3 Å². The summed E-state index contributed by atoms with van der Waals surface area (Å²) in [6.07, 6.45) is 6.33. The molecule has 0 aliphatic carbocycles. The van der Waals surface area contributed by atoms with Gasteiger partial charge in [-0.05, 0) is 303 Å². The van der Waals surface area contributed by atoms with Crippen molar-refractivity contribution in [1.82, 2.24) is 48.2 Å². The number of alkyl halides is 2. The molecule has 134 heavy (non-hydrogen) atoms. The molecule has 8 aromatic heterocycles. The first kappa shape index (κ1) is 90.5. The Morgan fingerprint density at radius 3 is 1.16 bits per heavy atom. The van der Waals surface area contributed by atoms with Crippen molar-refractivity contribution < 1.29 is 51.6 Å². The number of ketones is 3. The van der Waals surface area contributed by atoms with Crippen LogP contribution in [-0.2, 0) is 81.6 Å². The molecule has 11 heterocycles. The zero-order valence-corrected chi connectivity index (χ0v) is 78.4. The topological polar surface area (TPSA) is 247 Å². The minimum atomic E-state index is -2.62. The summed E-state index contributed by atoms with van der Waals surface area (Å²) in [6, 6.07) is 52.5. The monoisotopic (exact) mass is 1800 g/mol. The first-order valence-electron chi connectivity index (χ1n) is 45.3. The van der Waals surface area contributed by atoms with Gasteiger partial charge < -0.3 is 42.1 Å². The summed E-state index contributed by atoms with van der Waals surface area (Å²) in [4.78, 5) is 95.2. The SMILES string of the molecule is CC(=O)[C@@H](OC(C)(C)C)c1c(C)cc2c(ccc(=O)n2Cc2ccc3c(cnn3C)c2)c1-c1ccc2c3c(ccnc13)CCO2.CC(=O)[C@@H](OC(C)(C)C)c1c(C)cc2c(ccc(=O)n2Cc2cccc(C(F)F)c2)c1-c1ccc2c3c(ccnc13)CCO2.CC(=O)[C@@H](OC(C)(C)C)c1c(C)cc2c(ccc(=O)n2Cc2cccc3c2cnn3C)c1-c1ccc2c3c(ccnc13)CCO2. The van der Waals surface area contributed by atoms with Crippen molar-refractivity contribution in [3.8, 4) is 50.6 Å². The lowest BCUT2D eigenvalue weighted by Gasteiger charge is -2.30. The Bertz CT molecular complexity index is 7870. The van der Waals surface area contributed by atoms with Gasteiger partial charge in [0.15, 0.2) is 17.3 Å². The molecule has 20 rings (SSSR count). The molecular formula is C110H106F2N10O12. The standard InChI is InChI=1S/2C37H36N4O4.C36H34F2N2O4/c1-21-17-29-26(9-12-31(43)41(29)20-23-7-10-28-25(18-23)19-39-40(28)6)34(32(21)36(22(2)42)45-37(3,4)5)27-8-11-30-33-24(14-16-44-30)13-15-38-35(27)33;1-21-18-29-25(11-13-31(43)41(29)20-24-8-7-9-28-27(24)19-39-40(28)6)34(32(21)36(22(2)42)45-37(3,4)5)26-10-12-30-33-23(15-17-44-30)14-16-38-35(26)33;1-20-17-27-25(10-12-29(42)40(27)19-22-7-6-8-24(18-22)35(37)38)32(30(20)34(21(2)41)44-36(3,4)5)26-9-11-28-31-23(14-16-43-28)13-15-39-33(26)31/h7-13,15,17-19,36H,14,16,20H2,1-6H3;7-14,16,18-19,36H,15,17,20H2,1-6H3;6-13,15,17-18,34-35H,14,16,19H2,1-5H3/t2*36-;34-/m111/s1. The Morgan fingerprint density at radius 2 is 0.776 bits per heavy atom. The number of benzene rings is 9. The van der Waals surface area contributed by atoms with Gasteiger partial charge in [-0.15, -0.1) is 0 Å². The second-order valence-corrected chi connectivity index (χ2v) is 38.2. The molecule has 0 bridgehead atoms. The van der Waals surface area contributed by atoms with Gasteiger partial charge in [-0.2, -0.15) is 10.2 Å². The van der Waals surface area contributed by atoms with Gasteiger partial charge in [-0.3, -0.25) is 53.1 Å². The van der Waals surface area contributed by atoms with Gasteiger partial charge in [0.05, 0.1) is 113 Å². The van der Waals surface area contributed by atoms with Crippen LogP contribution in [0.2, 0.25) is 0 Å². The highest BCUT2D eigenvalue weighted by molar-refractivity contribution is 6.12. The average Bonchev–Trinajstić information content (AvgIpc) is 0.872. The molecule has 3 aliphatic rings. The number of rotatable bonds is 19. The molecule has 0 fully saturated rings. The van der Waals surface area contributed by atoms with Crippen molar-refractivity contribution in [2.75, 3.05) is 19.8 Å². The third-order valence-electron chi connectivity index (χ3n) is 25.4. The van der Waals surface area contributed by atoms with Crippen molar-refractivity contribution in [2.24, 2.45) is 14.1 Å². The lowest BCUT2D eigenvalue weighted by atomic mass is 9.85. The van der Waals surface area contributed by atoms with Crippen LogP contribution in [0.4, 0.5) is 8.78 Å². The van der Waals surface area contributed by atoms with Crippen molar-refractivity contribution in [3.05, 3.63) is 304 Å². The number of nitrogens with zero attached hydrogens (tertiary/aromatic N) is 10. The van der Waals surface area contributed by atoms with Crippen LogP contribution in [-0.4, -0.2) is 102 Å². The van der Waals surface area contributed by atoms with E-state index in [9.17, 15) is 37.5 Å². The summed E-state index contributed by atoms with van der Waals surface area (Å²) in [6.45, 7) is 30.7. The Hall–Kier alpha value is -14.1. The fourth-order valence-electron chi connectivity index (χ4n) is 19.6. The predicted octanol–water partition coefficient (Wildman–Crippen LogP) is 21.6. The summed E-state index contributed by atoms with van der Waals surface area (Å²) in [7, 11) is 3.83. The molecule has 9 aromatic carbocycles. The number of ether oxygens (including phenoxy) is 6. The van der Waals surface area contributed by atoms with E-state index in [1.165, 1.54) is 36.2 Å². The highest BCUT2D eigenvalue weighted by atomic mass is 19.3. The van der Waals surface area contributed by atoms with Gasteiger partial charge in [0.1, 0.15) is 35.6 Å². The third-order valence-corrected chi connectivity index (χ3v) is 25.4. The van der Waals surface area contributed by atoms with E-state index < -0.39 is 41.5 Å². The zero-order chi connectivity index (χ0) is 94.6. The number of carbonyl (C=O) groups excluding carboxylic acids is 3. The first-order valence-corrected chi connectivity index (χ1v) is 45.3. The number of hydrogen-bond acceptors (Lipinski definition) is 17. The van der Waals surface area contributed by atoms with Crippen LogP contribution in [0.3, 0.4) is 0 Å². The van der Waals surface area contributed by atoms with Gasteiger partial charge in [-0.1, -0.05) is 36.4 Å². The van der Waals surface area contributed by atoms with Gasteiger partial charge in [-0.25, -0.2) is 8.78 Å². The normalized spacial score (nSPS) is 13.8. The zero-order valence-electron chi connectivity index (χ0n) is 78.4. The van der Waals surface area contributed by atoms with Crippen LogP contribution in [0.25, 0.3) is 121 Å². The Kier molecular flexibility index (Phi) is 24.0. The van der Waals surface area contributed by atoms with Crippen LogP contribution in [0.1, 0.15) is 180 Å². The van der Waals surface area contributed by atoms with Crippen LogP contribution in [0.15, 0.2) is 215 Å². The molecule has 17 aromatic rings. The molecule has 0 N–H and O–H groups in total. The van der Waals surface area contributed by atoms with Crippen molar-refractivity contribution in [1.29, 1.82) is 0 Å². The quantitative estimate of drug-likeness (QED) is 0.0730. The van der Waals surface area contributed by atoms with Crippen molar-refractivity contribution in [2.45, 2.75) is 184 Å². The van der Waals surface area contributed by atoms with E-state index in [0.29, 0.717) is 49.6 Å². The summed E-state index contributed by atoms with van der Waals surface area (Å²) in [5.41, 5.74) is 19.9. The highest BCUT2D eigenvalue weighted by Gasteiger charge is 2.37.